The highest BCUT2D eigenvalue weighted by Gasteiger charge is 2.44. The molecule has 0 bridgehead atoms. The van der Waals surface area contributed by atoms with E-state index in [2.05, 4.69) is 15.5 Å². The topological polar surface area (TPSA) is 78.1 Å². The first-order chi connectivity index (χ1) is 10.5. The van der Waals surface area contributed by atoms with E-state index < -0.39 is 12.1 Å². The number of hydrogen-bond donors (Lipinski definition) is 2. The predicted molar refractivity (Wildman–Crippen MR) is 78.1 cm³/mol. The Hall–Kier alpha value is -1.92. The van der Waals surface area contributed by atoms with E-state index in [0.717, 1.165) is 5.69 Å². The van der Waals surface area contributed by atoms with Gasteiger partial charge in [0, 0.05) is 19.1 Å². The highest BCUT2D eigenvalue weighted by Crippen LogP contribution is 2.34. The molecule has 3 rings (SSSR count). The predicted octanol–water partition coefficient (Wildman–Crippen LogP) is 1.22. The lowest BCUT2D eigenvalue weighted by Gasteiger charge is -2.16. The number of amides is 2. The van der Waals surface area contributed by atoms with Crippen LogP contribution in [0, 0.1) is 5.92 Å². The Morgan fingerprint density at radius 2 is 2.23 bits per heavy atom. The molecule has 6 nitrogen and oxygen atoms in total. The molecule has 2 fully saturated rings. The lowest BCUT2D eigenvalue weighted by molar-refractivity contribution is -0.123. The summed E-state index contributed by atoms with van der Waals surface area (Å²) in [6.45, 7) is 5.08. The summed E-state index contributed by atoms with van der Waals surface area (Å²) in [6, 6.07) is 1.69. The molecule has 0 radical (unpaired) electrons. The number of aromatic amines is 1. The van der Waals surface area contributed by atoms with Crippen LogP contribution in [0.5, 0.6) is 0 Å². The second kappa shape index (κ2) is 5.70. The SMILES string of the molecule is CC(C)c1cc(C(=O)N2CC[C@@H](NC(=O)[C@@H]3C[C@H]3F)C2)[nH]n1. The van der Waals surface area contributed by atoms with Crippen LogP contribution in [-0.2, 0) is 4.79 Å². The Kier molecular flexibility index (Phi) is 3.88. The van der Waals surface area contributed by atoms with Crippen molar-refractivity contribution in [2.24, 2.45) is 5.92 Å². The molecule has 3 atom stereocenters. The molecule has 2 aliphatic rings. The van der Waals surface area contributed by atoms with Gasteiger partial charge in [-0.1, -0.05) is 13.8 Å². The number of hydrogen-bond acceptors (Lipinski definition) is 3. The van der Waals surface area contributed by atoms with Gasteiger partial charge in [-0.3, -0.25) is 14.7 Å². The summed E-state index contributed by atoms with van der Waals surface area (Å²) in [5, 5.41) is 9.74. The van der Waals surface area contributed by atoms with Crippen molar-refractivity contribution in [2.75, 3.05) is 13.1 Å². The van der Waals surface area contributed by atoms with Gasteiger partial charge < -0.3 is 10.2 Å². The standard InChI is InChI=1S/C15H21FN4O2/c1-8(2)12-6-13(19-18-12)15(22)20-4-3-9(7-20)17-14(21)10-5-11(10)16/h6,8-11H,3-5,7H2,1-2H3,(H,17,21)(H,18,19)/t9-,10-,11-/m1/s1. The third-order valence-corrected chi connectivity index (χ3v) is 4.29. The van der Waals surface area contributed by atoms with Crippen LogP contribution < -0.4 is 5.32 Å². The van der Waals surface area contributed by atoms with Gasteiger partial charge in [-0.25, -0.2) is 4.39 Å². The van der Waals surface area contributed by atoms with Crippen molar-refractivity contribution in [3.63, 3.8) is 0 Å². The number of carbonyl (C=O) groups excluding carboxylic acids is 2. The van der Waals surface area contributed by atoms with Crippen molar-refractivity contribution in [1.82, 2.24) is 20.4 Å². The average Bonchev–Trinajstić information content (AvgIpc) is 2.93. The smallest absolute Gasteiger partial charge is 0.271 e. The maximum atomic E-state index is 12.9. The molecule has 1 saturated heterocycles. The average molecular weight is 308 g/mol. The van der Waals surface area contributed by atoms with E-state index in [-0.39, 0.29) is 23.8 Å². The lowest BCUT2D eigenvalue weighted by Crippen LogP contribution is -2.39. The highest BCUT2D eigenvalue weighted by atomic mass is 19.1. The van der Waals surface area contributed by atoms with Crippen LogP contribution in [-0.4, -0.2) is 52.2 Å². The number of nitrogens with one attached hydrogen (secondary N) is 2. The van der Waals surface area contributed by atoms with Crippen LogP contribution in [0.3, 0.4) is 0 Å². The minimum Gasteiger partial charge on any atom is -0.351 e. The van der Waals surface area contributed by atoms with E-state index >= 15 is 0 Å². The molecule has 1 saturated carbocycles. The number of alkyl halides is 1. The second-order valence-electron chi connectivity index (χ2n) is 6.46. The Labute approximate surface area is 128 Å². The first kappa shape index (κ1) is 15.0. The molecule has 2 amide bonds. The van der Waals surface area contributed by atoms with Gasteiger partial charge in [0.15, 0.2) is 0 Å². The normalized spacial score (nSPS) is 27.3. The Balaban J connectivity index is 1.55. The molecule has 1 aliphatic carbocycles. The number of carbonyl (C=O) groups is 2. The molecule has 0 unspecified atom stereocenters. The summed E-state index contributed by atoms with van der Waals surface area (Å²) in [4.78, 5) is 25.8. The van der Waals surface area contributed by atoms with Crippen molar-refractivity contribution in [3.8, 4) is 0 Å². The molecule has 7 heteroatoms. The van der Waals surface area contributed by atoms with Gasteiger partial charge in [-0.15, -0.1) is 0 Å². The second-order valence-corrected chi connectivity index (χ2v) is 6.46. The van der Waals surface area contributed by atoms with E-state index in [0.29, 0.717) is 31.6 Å². The molecule has 0 spiro atoms. The summed E-state index contributed by atoms with van der Waals surface area (Å²) in [7, 11) is 0. The molecular weight excluding hydrogens is 287 g/mol. The molecule has 1 aliphatic heterocycles. The Morgan fingerprint density at radius 1 is 1.50 bits per heavy atom. The number of H-pyrrole nitrogens is 1. The fourth-order valence-electron chi connectivity index (χ4n) is 2.72. The zero-order valence-electron chi connectivity index (χ0n) is 12.8. The van der Waals surface area contributed by atoms with E-state index in [1.807, 2.05) is 13.8 Å². The summed E-state index contributed by atoms with van der Waals surface area (Å²) in [5.74, 6) is -0.553. The monoisotopic (exact) mass is 308 g/mol. The number of aromatic nitrogens is 2. The third kappa shape index (κ3) is 2.98. The van der Waals surface area contributed by atoms with E-state index in [4.69, 9.17) is 0 Å². The van der Waals surface area contributed by atoms with Gasteiger partial charge >= 0.3 is 0 Å². The molecule has 1 aromatic rings. The molecule has 0 aromatic carbocycles. The van der Waals surface area contributed by atoms with Crippen LogP contribution >= 0.6 is 0 Å². The zero-order valence-corrected chi connectivity index (χ0v) is 12.8. The molecule has 120 valence electrons. The number of rotatable bonds is 4. The minimum absolute atomic E-state index is 0.0864. The van der Waals surface area contributed by atoms with Crippen molar-refractivity contribution in [2.45, 2.75) is 44.8 Å². The van der Waals surface area contributed by atoms with Gasteiger partial charge in [0.25, 0.3) is 5.91 Å². The van der Waals surface area contributed by atoms with Gasteiger partial charge in [-0.2, -0.15) is 5.10 Å². The van der Waals surface area contributed by atoms with E-state index in [1.54, 1.807) is 11.0 Å². The van der Waals surface area contributed by atoms with Crippen LogP contribution in [0.15, 0.2) is 6.07 Å². The van der Waals surface area contributed by atoms with Crippen LogP contribution in [0.2, 0.25) is 0 Å². The number of halogens is 1. The van der Waals surface area contributed by atoms with Gasteiger partial charge in [-0.05, 0) is 24.8 Å². The summed E-state index contributed by atoms with van der Waals surface area (Å²) in [6.07, 6.45) is 0.0400. The summed E-state index contributed by atoms with van der Waals surface area (Å²) < 4.78 is 12.9. The maximum absolute atomic E-state index is 12.9. The van der Waals surface area contributed by atoms with Gasteiger partial charge in [0.1, 0.15) is 11.9 Å². The first-order valence-corrected chi connectivity index (χ1v) is 7.74. The molecule has 1 aromatic heterocycles. The number of nitrogens with zero attached hydrogens (tertiary/aromatic N) is 2. The van der Waals surface area contributed by atoms with Crippen molar-refractivity contribution in [3.05, 3.63) is 17.5 Å². The van der Waals surface area contributed by atoms with Crippen molar-refractivity contribution < 1.29 is 14.0 Å². The van der Waals surface area contributed by atoms with Gasteiger partial charge in [0.2, 0.25) is 5.91 Å². The summed E-state index contributed by atoms with van der Waals surface area (Å²) >= 11 is 0. The summed E-state index contributed by atoms with van der Waals surface area (Å²) in [5.41, 5.74) is 1.33. The Morgan fingerprint density at radius 3 is 2.82 bits per heavy atom. The number of likely N-dealkylation sites (tertiary alicyclic amines) is 1. The van der Waals surface area contributed by atoms with Crippen LogP contribution in [0.25, 0.3) is 0 Å². The minimum atomic E-state index is -0.987. The fraction of sp³-hybridized carbons (Fsp3) is 0.667. The van der Waals surface area contributed by atoms with E-state index in [9.17, 15) is 14.0 Å². The molecule has 2 heterocycles. The van der Waals surface area contributed by atoms with Crippen molar-refractivity contribution >= 4 is 11.8 Å². The fourth-order valence-corrected chi connectivity index (χ4v) is 2.72. The van der Waals surface area contributed by atoms with E-state index in [1.165, 1.54) is 0 Å². The highest BCUT2D eigenvalue weighted by molar-refractivity contribution is 5.92. The first-order valence-electron chi connectivity index (χ1n) is 7.74. The largest absolute Gasteiger partial charge is 0.351 e. The molecular formula is C15H21FN4O2. The molecule has 2 N–H and O–H groups in total. The Bertz CT molecular complexity index is 586. The van der Waals surface area contributed by atoms with Crippen molar-refractivity contribution in [1.29, 1.82) is 0 Å². The third-order valence-electron chi connectivity index (χ3n) is 4.29. The maximum Gasteiger partial charge on any atom is 0.271 e. The lowest BCUT2D eigenvalue weighted by atomic mass is 10.1. The van der Waals surface area contributed by atoms with Crippen LogP contribution in [0.4, 0.5) is 4.39 Å². The zero-order chi connectivity index (χ0) is 15.9. The van der Waals surface area contributed by atoms with Gasteiger partial charge in [0.05, 0.1) is 11.6 Å². The van der Waals surface area contributed by atoms with Crippen LogP contribution in [0.1, 0.15) is 48.8 Å². The molecule has 22 heavy (non-hydrogen) atoms. The quantitative estimate of drug-likeness (QED) is 0.878.